The van der Waals surface area contributed by atoms with Crippen molar-refractivity contribution in [3.63, 3.8) is 0 Å². The molecule has 20 N–H and O–H groups in total. The number of carbonyl (C=O) groups is 15. The second-order valence-corrected chi connectivity index (χ2v) is 16.3. The Morgan fingerprint density at radius 2 is 0.718 bits per heavy atom. The lowest BCUT2D eigenvalue weighted by atomic mass is 10.0. The van der Waals surface area contributed by atoms with Gasteiger partial charge in [-0.15, -0.1) is 0 Å². The molecule has 0 bridgehead atoms. The number of rotatable bonds is 32. The number of aliphatic hydroxyl groups excluding tert-OH is 2. The quantitative estimate of drug-likeness (QED) is 0.0297. The van der Waals surface area contributed by atoms with Crippen molar-refractivity contribution in [2.75, 3.05) is 0 Å². The van der Waals surface area contributed by atoms with E-state index in [1.807, 2.05) is 26.6 Å². The van der Waals surface area contributed by atoms with Crippen molar-refractivity contribution in [3.05, 3.63) is 0 Å². The molecule has 0 heterocycles. The smallest absolute Gasteiger partial charge is 0.305 e. The largest absolute Gasteiger partial charge is 0.481 e. The summed E-state index contributed by atoms with van der Waals surface area (Å²) in [5, 5.41) is 67.1. The van der Waals surface area contributed by atoms with E-state index >= 15 is 0 Å². The summed E-state index contributed by atoms with van der Waals surface area (Å²) in [5.41, 5.74) is 15.7. The molecule has 0 radical (unpaired) electrons. The summed E-state index contributed by atoms with van der Waals surface area (Å²) in [5.74, 6) is -20.5. The molecule has 11 atom stereocenters. The van der Waals surface area contributed by atoms with Crippen molar-refractivity contribution >= 4 is 88.8 Å². The zero-order chi connectivity index (χ0) is 55.2. The molecule has 32 heteroatoms. The normalized spacial score (nSPS) is 15.5. The highest BCUT2D eigenvalue weighted by Gasteiger charge is 2.37. The van der Waals surface area contributed by atoms with E-state index in [2.05, 4.69) is 21.3 Å². The van der Waals surface area contributed by atoms with Crippen LogP contribution >= 0.6 is 0 Å². The lowest BCUT2D eigenvalue weighted by molar-refractivity contribution is -0.143. The standard InChI is InChI=1S/C39H62N12O20/c1-13(2)28(31(42)63)50-39(71)30(16(5)53)51-37(69)20(10-24(41)56)46-36(68)22(12-27(61)62)47-33(65)18(7-8-25(57)58)45-32(64)14(3)43-34(66)21(11-26(59)60)48-35(67)19(9-23(40)55)49-38(70)29(15(4)52)44-17(6)54/h13-16,18-22,28-30,52-53H,7-12H2,1-6H3,(H2,40,55)(H2,41,56)(H2,42,63)(H,43,66)(H,44,54)(H,45,64)(H,46,68)(H,47,65)(H,48,67)(H,49,70)(H,50,71)(H,51,69)(H,57,58)(H,59,60)(H,61,62)/t14-,15+,16+,18-,19-,20-,21-,22-,28-,29-,30-/m0/s1. The van der Waals surface area contributed by atoms with Crippen molar-refractivity contribution in [2.24, 2.45) is 23.1 Å². The van der Waals surface area contributed by atoms with Crippen molar-refractivity contribution < 1.29 is 97.5 Å². The number of amides is 12. The third kappa shape index (κ3) is 23.7. The van der Waals surface area contributed by atoms with Crippen LogP contribution in [0.5, 0.6) is 0 Å². The molecule has 0 unspecified atom stereocenters. The van der Waals surface area contributed by atoms with Crippen LogP contribution < -0.4 is 65.1 Å². The molecule has 71 heavy (non-hydrogen) atoms. The van der Waals surface area contributed by atoms with E-state index in [-0.39, 0.29) is 0 Å². The van der Waals surface area contributed by atoms with Crippen LogP contribution in [0.4, 0.5) is 0 Å². The Balaban J connectivity index is 6.50. The van der Waals surface area contributed by atoms with E-state index in [4.69, 9.17) is 17.2 Å². The molecule has 398 valence electrons. The predicted octanol–water partition coefficient (Wildman–Crippen LogP) is -9.14. The highest BCUT2D eigenvalue weighted by atomic mass is 16.4. The van der Waals surface area contributed by atoms with Crippen LogP contribution in [0.3, 0.4) is 0 Å². The second-order valence-electron chi connectivity index (χ2n) is 16.3. The van der Waals surface area contributed by atoms with Crippen LogP contribution in [-0.4, -0.2) is 181 Å². The number of hydrogen-bond acceptors (Lipinski definition) is 17. The molecule has 0 aliphatic rings. The fourth-order valence-electron chi connectivity index (χ4n) is 5.97. The zero-order valence-electron chi connectivity index (χ0n) is 39.3. The Morgan fingerprint density at radius 3 is 1.07 bits per heavy atom. The van der Waals surface area contributed by atoms with E-state index in [0.29, 0.717) is 0 Å². The molecule has 0 aromatic heterocycles. The number of aliphatic hydroxyl groups is 2. The van der Waals surface area contributed by atoms with Crippen LogP contribution in [0, 0.1) is 5.92 Å². The van der Waals surface area contributed by atoms with Gasteiger partial charge in [-0.25, -0.2) is 0 Å². The minimum Gasteiger partial charge on any atom is -0.481 e. The summed E-state index contributed by atoms with van der Waals surface area (Å²) in [6, 6.07) is -16.8. The third-order valence-corrected chi connectivity index (χ3v) is 9.59. The molecule has 0 aromatic rings. The maximum absolute atomic E-state index is 13.6. The third-order valence-electron chi connectivity index (χ3n) is 9.59. The Bertz CT molecular complexity index is 2050. The van der Waals surface area contributed by atoms with Crippen molar-refractivity contribution in [1.82, 2.24) is 47.9 Å². The molecule has 0 aliphatic heterocycles. The molecule has 0 spiro atoms. The number of carbonyl (C=O) groups excluding carboxylic acids is 12. The Labute approximate surface area is 403 Å². The van der Waals surface area contributed by atoms with Crippen molar-refractivity contribution in [2.45, 2.75) is 147 Å². The number of carboxylic acids is 3. The molecule has 0 rings (SSSR count). The lowest BCUT2D eigenvalue weighted by Crippen LogP contribution is -2.62. The van der Waals surface area contributed by atoms with E-state index < -0.39 is 200 Å². The summed E-state index contributed by atoms with van der Waals surface area (Å²) in [6.07, 6.45) is -9.33. The van der Waals surface area contributed by atoms with Gasteiger partial charge in [0, 0.05) is 13.3 Å². The fourth-order valence-corrected chi connectivity index (χ4v) is 5.97. The van der Waals surface area contributed by atoms with Gasteiger partial charge in [0.25, 0.3) is 0 Å². The van der Waals surface area contributed by atoms with Gasteiger partial charge in [0.05, 0.1) is 37.9 Å². The molecule has 0 saturated carbocycles. The first-order valence-electron chi connectivity index (χ1n) is 21.3. The summed E-state index contributed by atoms with van der Waals surface area (Å²) < 4.78 is 0. The number of hydrogen-bond donors (Lipinski definition) is 17. The average molecular weight is 1020 g/mol. The first-order valence-corrected chi connectivity index (χ1v) is 21.3. The number of nitrogens with one attached hydrogen (secondary N) is 9. The van der Waals surface area contributed by atoms with Crippen LogP contribution in [0.15, 0.2) is 0 Å². The molecule has 12 amide bonds. The molecule has 0 aromatic carbocycles. The first-order chi connectivity index (χ1) is 32.7. The number of carboxylic acid groups (broad SMARTS) is 3. The van der Waals surface area contributed by atoms with Gasteiger partial charge in [0.1, 0.15) is 54.4 Å². The van der Waals surface area contributed by atoms with Gasteiger partial charge in [0.15, 0.2) is 0 Å². The summed E-state index contributed by atoms with van der Waals surface area (Å²) in [7, 11) is 0. The Hall–Kier alpha value is -8.03. The molecule has 0 fully saturated rings. The molecular weight excluding hydrogens is 956 g/mol. The highest BCUT2D eigenvalue weighted by molar-refractivity contribution is 6.01. The van der Waals surface area contributed by atoms with Gasteiger partial charge >= 0.3 is 17.9 Å². The minimum absolute atomic E-state index is 0.562. The van der Waals surface area contributed by atoms with E-state index in [0.717, 1.165) is 27.7 Å². The van der Waals surface area contributed by atoms with Crippen LogP contribution in [0.1, 0.15) is 80.1 Å². The van der Waals surface area contributed by atoms with Crippen LogP contribution in [0.25, 0.3) is 0 Å². The molecule has 0 saturated heterocycles. The summed E-state index contributed by atoms with van der Waals surface area (Å²) in [4.78, 5) is 188. The van der Waals surface area contributed by atoms with E-state index in [1.165, 1.54) is 13.8 Å². The fraction of sp³-hybridized carbons (Fsp3) is 0.615. The molecule has 32 nitrogen and oxygen atoms in total. The zero-order valence-corrected chi connectivity index (χ0v) is 39.3. The Kier molecular flexibility index (Phi) is 26.4. The molecule has 0 aliphatic carbocycles. The van der Waals surface area contributed by atoms with Crippen LogP contribution in [0.2, 0.25) is 0 Å². The second kappa shape index (κ2) is 29.8. The van der Waals surface area contributed by atoms with E-state index in [1.54, 1.807) is 0 Å². The maximum Gasteiger partial charge on any atom is 0.305 e. The number of nitrogens with two attached hydrogens (primary N) is 3. The average Bonchev–Trinajstić information content (AvgIpc) is 3.22. The highest BCUT2D eigenvalue weighted by Crippen LogP contribution is 2.08. The van der Waals surface area contributed by atoms with Gasteiger partial charge in [-0.3, -0.25) is 71.9 Å². The number of primary amides is 3. The van der Waals surface area contributed by atoms with E-state index in [9.17, 15) is 97.5 Å². The maximum atomic E-state index is 13.6. The number of aliphatic carboxylic acids is 3. The summed E-state index contributed by atoms with van der Waals surface area (Å²) in [6.45, 7) is 7.14. The van der Waals surface area contributed by atoms with Gasteiger partial charge in [0.2, 0.25) is 70.9 Å². The predicted molar refractivity (Wildman–Crippen MR) is 235 cm³/mol. The Morgan fingerprint density at radius 1 is 0.394 bits per heavy atom. The summed E-state index contributed by atoms with van der Waals surface area (Å²) >= 11 is 0. The first kappa shape index (κ1) is 63.0. The minimum atomic E-state index is -2.19. The van der Waals surface area contributed by atoms with Crippen LogP contribution in [-0.2, 0) is 71.9 Å². The monoisotopic (exact) mass is 1020 g/mol. The van der Waals surface area contributed by atoms with Gasteiger partial charge in [-0.1, -0.05) is 13.8 Å². The topological polar surface area (TPSA) is 544 Å². The van der Waals surface area contributed by atoms with Gasteiger partial charge in [-0.05, 0) is 33.1 Å². The lowest BCUT2D eigenvalue weighted by Gasteiger charge is -2.28. The SMILES string of the molecule is CC(=O)N[C@H](C(=O)N[C@@H](CC(N)=O)C(=O)N[C@@H](CC(=O)O)C(=O)N[C@@H](C)C(=O)N[C@@H](CCC(=O)O)C(=O)N[C@@H](CC(=O)O)C(=O)N[C@@H](CC(N)=O)C(=O)N[C@H](C(=O)N[C@H](C(N)=O)C(C)C)[C@@H](C)O)[C@@H](C)O. The van der Waals surface area contributed by atoms with Crippen molar-refractivity contribution in [1.29, 1.82) is 0 Å². The van der Waals surface area contributed by atoms with Crippen molar-refractivity contribution in [3.8, 4) is 0 Å². The van der Waals surface area contributed by atoms with Gasteiger partial charge in [-0.2, -0.15) is 0 Å². The molecular formula is C39H62N12O20. The van der Waals surface area contributed by atoms with Gasteiger partial charge < -0.3 is 90.6 Å².